The standard InChI is InChI=1S/C18H15NO2P/c20-19-21-22(16-10-4-1-5-11-16,17-12-6-2-7-13-17)18-14-8-3-9-15-18/h1-15H/q+1. The first-order chi connectivity index (χ1) is 10.9. The molecule has 3 nitrogen and oxygen atoms in total. The summed E-state index contributed by atoms with van der Waals surface area (Å²) in [5.74, 6) is 0. The van der Waals surface area contributed by atoms with Crippen molar-refractivity contribution in [1.29, 1.82) is 0 Å². The van der Waals surface area contributed by atoms with Gasteiger partial charge in [-0.3, -0.25) is 0 Å². The zero-order valence-corrected chi connectivity index (χ0v) is 12.8. The van der Waals surface area contributed by atoms with Gasteiger partial charge in [-0.15, -0.1) is 4.91 Å². The Kier molecular flexibility index (Phi) is 4.27. The molecule has 0 aliphatic carbocycles. The molecule has 3 rings (SSSR count). The van der Waals surface area contributed by atoms with Gasteiger partial charge in [0.1, 0.15) is 15.9 Å². The molecule has 0 bridgehead atoms. The zero-order chi connectivity index (χ0) is 15.3. The second-order valence-electron chi connectivity index (χ2n) is 4.77. The summed E-state index contributed by atoms with van der Waals surface area (Å²) in [6, 6.07) is 29.4. The lowest BCUT2D eigenvalue weighted by Crippen LogP contribution is -2.31. The molecule has 0 spiro atoms. The Labute approximate surface area is 129 Å². The average molecular weight is 308 g/mol. The number of benzene rings is 3. The Morgan fingerprint density at radius 2 is 0.909 bits per heavy atom. The normalized spacial score (nSPS) is 10.9. The van der Waals surface area contributed by atoms with Crippen LogP contribution in [0.4, 0.5) is 0 Å². The molecule has 0 N–H and O–H groups in total. The summed E-state index contributed by atoms with van der Waals surface area (Å²) >= 11 is 0. The molecular formula is C18H15NO2P+. The van der Waals surface area contributed by atoms with E-state index in [0.717, 1.165) is 15.9 Å². The van der Waals surface area contributed by atoms with E-state index in [1.54, 1.807) is 0 Å². The lowest BCUT2D eigenvalue weighted by molar-refractivity contribution is 0.376. The van der Waals surface area contributed by atoms with Crippen LogP contribution < -0.4 is 15.9 Å². The van der Waals surface area contributed by atoms with Gasteiger partial charge in [-0.1, -0.05) is 54.6 Å². The van der Waals surface area contributed by atoms with Crippen molar-refractivity contribution < 1.29 is 4.62 Å². The molecule has 0 amide bonds. The average Bonchev–Trinajstić information content (AvgIpc) is 2.62. The van der Waals surface area contributed by atoms with Gasteiger partial charge >= 0.3 is 7.49 Å². The molecule has 0 radical (unpaired) electrons. The van der Waals surface area contributed by atoms with Crippen LogP contribution in [-0.2, 0) is 4.62 Å². The monoisotopic (exact) mass is 308 g/mol. The van der Waals surface area contributed by atoms with Gasteiger partial charge in [-0.25, -0.2) is 0 Å². The first kappa shape index (κ1) is 14.4. The van der Waals surface area contributed by atoms with E-state index in [0.29, 0.717) is 0 Å². The molecule has 0 atom stereocenters. The van der Waals surface area contributed by atoms with Gasteiger partial charge < -0.3 is 0 Å². The zero-order valence-electron chi connectivity index (χ0n) is 11.9. The third-order valence-electron chi connectivity index (χ3n) is 3.52. The van der Waals surface area contributed by atoms with E-state index in [1.807, 2.05) is 91.0 Å². The number of hydrogen-bond acceptors (Lipinski definition) is 3. The summed E-state index contributed by atoms with van der Waals surface area (Å²) in [6.07, 6.45) is 0. The number of nitrogens with zero attached hydrogens (tertiary/aromatic N) is 1. The molecule has 4 heteroatoms. The second-order valence-corrected chi connectivity index (χ2v) is 7.70. The minimum Gasteiger partial charge on any atom is -0.190 e. The van der Waals surface area contributed by atoms with Crippen molar-refractivity contribution >= 4 is 23.4 Å². The summed E-state index contributed by atoms with van der Waals surface area (Å²) in [4.78, 5) is 11.1. The molecule has 0 aliphatic heterocycles. The molecule has 22 heavy (non-hydrogen) atoms. The van der Waals surface area contributed by atoms with Crippen LogP contribution in [0.1, 0.15) is 0 Å². The Morgan fingerprint density at radius 1 is 0.591 bits per heavy atom. The van der Waals surface area contributed by atoms with E-state index in [9.17, 15) is 4.91 Å². The predicted octanol–water partition coefficient (Wildman–Crippen LogP) is 3.59. The van der Waals surface area contributed by atoms with Gasteiger partial charge in [-0.05, 0) is 36.4 Å². The van der Waals surface area contributed by atoms with Crippen LogP contribution in [0.3, 0.4) is 0 Å². The van der Waals surface area contributed by atoms with Gasteiger partial charge in [-0.2, -0.15) is 4.62 Å². The third-order valence-corrected chi connectivity index (χ3v) is 6.90. The topological polar surface area (TPSA) is 38.7 Å². The van der Waals surface area contributed by atoms with Crippen LogP contribution in [0, 0.1) is 4.91 Å². The molecule has 3 aromatic rings. The van der Waals surface area contributed by atoms with Crippen LogP contribution in [0.15, 0.2) is 96.3 Å². The highest BCUT2D eigenvalue weighted by Crippen LogP contribution is 2.56. The van der Waals surface area contributed by atoms with Gasteiger partial charge in [0.2, 0.25) is 0 Å². The Bertz CT molecular complexity index is 636. The first-order valence-electron chi connectivity index (χ1n) is 6.95. The highest BCUT2D eigenvalue weighted by molar-refractivity contribution is 7.91. The molecule has 0 unspecified atom stereocenters. The first-order valence-corrected chi connectivity index (χ1v) is 8.66. The van der Waals surface area contributed by atoms with Gasteiger partial charge in [0.25, 0.3) is 0 Å². The van der Waals surface area contributed by atoms with Crippen molar-refractivity contribution in [2.24, 2.45) is 5.34 Å². The molecule has 0 fully saturated rings. The lowest BCUT2D eigenvalue weighted by atomic mass is 10.4. The van der Waals surface area contributed by atoms with Gasteiger partial charge in [0, 0.05) is 0 Å². The van der Waals surface area contributed by atoms with E-state index >= 15 is 0 Å². The summed E-state index contributed by atoms with van der Waals surface area (Å²) < 4.78 is 5.57. The van der Waals surface area contributed by atoms with Crippen molar-refractivity contribution in [1.82, 2.24) is 0 Å². The summed E-state index contributed by atoms with van der Waals surface area (Å²) in [7, 11) is -2.53. The molecule has 0 heterocycles. The van der Waals surface area contributed by atoms with E-state index in [2.05, 4.69) is 5.34 Å². The summed E-state index contributed by atoms with van der Waals surface area (Å²) in [5, 5.41) is 5.73. The second kappa shape index (κ2) is 6.50. The van der Waals surface area contributed by atoms with E-state index in [1.165, 1.54) is 0 Å². The van der Waals surface area contributed by atoms with Crippen molar-refractivity contribution in [3.05, 3.63) is 95.9 Å². The van der Waals surface area contributed by atoms with E-state index < -0.39 is 7.49 Å². The van der Waals surface area contributed by atoms with Crippen LogP contribution in [-0.4, -0.2) is 0 Å². The predicted molar refractivity (Wildman–Crippen MR) is 92.0 cm³/mol. The van der Waals surface area contributed by atoms with Crippen LogP contribution in [0.2, 0.25) is 0 Å². The fourth-order valence-corrected chi connectivity index (χ4v) is 5.61. The fourth-order valence-electron chi connectivity index (χ4n) is 2.55. The highest BCUT2D eigenvalue weighted by atomic mass is 31.2. The maximum atomic E-state index is 11.1. The molecule has 0 saturated heterocycles. The quantitative estimate of drug-likeness (QED) is 0.410. The van der Waals surface area contributed by atoms with Crippen molar-refractivity contribution in [3.63, 3.8) is 0 Å². The van der Waals surface area contributed by atoms with Crippen LogP contribution in [0.25, 0.3) is 0 Å². The van der Waals surface area contributed by atoms with Crippen molar-refractivity contribution in [2.75, 3.05) is 0 Å². The smallest absolute Gasteiger partial charge is 0.190 e. The molecule has 0 saturated carbocycles. The van der Waals surface area contributed by atoms with E-state index in [-0.39, 0.29) is 0 Å². The maximum absolute atomic E-state index is 11.1. The minimum absolute atomic E-state index is 0.965. The molecule has 0 aliphatic rings. The third kappa shape index (κ3) is 2.51. The lowest BCUT2D eigenvalue weighted by Gasteiger charge is -2.20. The summed E-state index contributed by atoms with van der Waals surface area (Å²) in [6.45, 7) is 0. The molecule has 108 valence electrons. The maximum Gasteiger partial charge on any atom is 0.324 e. The van der Waals surface area contributed by atoms with Crippen LogP contribution in [0.5, 0.6) is 0 Å². The molecule has 3 aromatic carbocycles. The Balaban J connectivity index is 2.31. The molecule has 0 aromatic heterocycles. The van der Waals surface area contributed by atoms with Crippen molar-refractivity contribution in [3.8, 4) is 0 Å². The Hall–Kier alpha value is -2.51. The molecular weight excluding hydrogens is 293 g/mol. The highest BCUT2D eigenvalue weighted by Gasteiger charge is 2.51. The van der Waals surface area contributed by atoms with Crippen LogP contribution >= 0.6 is 7.49 Å². The minimum atomic E-state index is -2.53. The van der Waals surface area contributed by atoms with Gasteiger partial charge in [0.15, 0.2) is 5.34 Å². The van der Waals surface area contributed by atoms with E-state index in [4.69, 9.17) is 4.62 Å². The summed E-state index contributed by atoms with van der Waals surface area (Å²) in [5.41, 5.74) is 0. The number of rotatable bonds is 5. The SMILES string of the molecule is O=NO[P+](c1ccccc1)(c1ccccc1)c1ccccc1. The number of hydrogen-bond donors (Lipinski definition) is 0. The Morgan fingerprint density at radius 3 is 1.18 bits per heavy atom. The largest absolute Gasteiger partial charge is 0.324 e. The van der Waals surface area contributed by atoms with Crippen molar-refractivity contribution in [2.45, 2.75) is 0 Å². The fraction of sp³-hybridized carbons (Fsp3) is 0. The van der Waals surface area contributed by atoms with Gasteiger partial charge in [0.05, 0.1) is 0 Å².